The van der Waals surface area contributed by atoms with Gasteiger partial charge in [-0.3, -0.25) is 4.98 Å². The van der Waals surface area contributed by atoms with Crippen LogP contribution in [0.1, 0.15) is 0 Å². The fourth-order valence-corrected chi connectivity index (χ4v) is 6.67. The third kappa shape index (κ3) is 4.76. The molecule has 0 saturated heterocycles. The van der Waals surface area contributed by atoms with Gasteiger partial charge in [-0.15, -0.1) is 11.3 Å². The number of nitrogens with zero attached hydrogens (tertiary/aromatic N) is 4. The van der Waals surface area contributed by atoms with Crippen LogP contribution in [-0.4, -0.2) is 19.9 Å². The normalized spacial score (nSPS) is 11.3. The average molecular weight is 569 g/mol. The molecule has 5 aromatic carbocycles. The van der Waals surface area contributed by atoms with E-state index in [2.05, 4.69) is 103 Å². The van der Waals surface area contributed by atoms with Crippen molar-refractivity contribution in [2.45, 2.75) is 0 Å². The van der Waals surface area contributed by atoms with E-state index in [1.54, 1.807) is 11.3 Å². The second kappa shape index (κ2) is 10.7. The molecule has 8 rings (SSSR count). The highest BCUT2D eigenvalue weighted by molar-refractivity contribution is 7.26. The Kier molecular flexibility index (Phi) is 6.28. The SMILES string of the molecule is c1ccc(-c2cccc(-c3nc(-c4ccccc4)nc(-c4cccc(-c5ccnc6c5sc5ccccc56)c4)n3)c2)cc1. The summed E-state index contributed by atoms with van der Waals surface area (Å²) in [6.45, 7) is 0. The largest absolute Gasteiger partial charge is 0.255 e. The van der Waals surface area contributed by atoms with Crippen LogP contribution in [0.15, 0.2) is 146 Å². The maximum Gasteiger partial charge on any atom is 0.164 e. The van der Waals surface area contributed by atoms with Crippen molar-refractivity contribution in [1.29, 1.82) is 0 Å². The number of fused-ring (bicyclic) bond motifs is 3. The molecule has 3 heterocycles. The summed E-state index contributed by atoms with van der Waals surface area (Å²) in [5.41, 5.74) is 8.39. The lowest BCUT2D eigenvalue weighted by molar-refractivity contribution is 1.07. The van der Waals surface area contributed by atoms with Gasteiger partial charge in [-0.2, -0.15) is 0 Å². The van der Waals surface area contributed by atoms with E-state index in [-0.39, 0.29) is 0 Å². The molecule has 0 spiro atoms. The van der Waals surface area contributed by atoms with E-state index in [0.717, 1.165) is 44.5 Å². The molecule has 0 aliphatic carbocycles. The van der Waals surface area contributed by atoms with E-state index >= 15 is 0 Å². The van der Waals surface area contributed by atoms with Gasteiger partial charge in [-0.1, -0.05) is 115 Å². The standard InChI is InChI=1S/C38H24N4S/c1-3-11-25(12-4-1)27-15-9-17-29(23-27)37-40-36(26-13-5-2-6-14-26)41-38(42-37)30-18-10-16-28(24-30)31-21-22-39-34-32-19-7-8-20-33(32)43-35(31)34/h1-24H. The lowest BCUT2D eigenvalue weighted by Crippen LogP contribution is -2.00. The Balaban J connectivity index is 1.28. The summed E-state index contributed by atoms with van der Waals surface area (Å²) in [7, 11) is 0. The zero-order valence-electron chi connectivity index (χ0n) is 23.1. The molecule has 0 aliphatic heterocycles. The Morgan fingerprint density at radius 1 is 0.419 bits per heavy atom. The molecule has 0 radical (unpaired) electrons. The predicted octanol–water partition coefficient (Wildman–Crippen LogP) is 9.97. The Labute approximate surface area is 253 Å². The highest BCUT2D eigenvalue weighted by Gasteiger charge is 2.15. The van der Waals surface area contributed by atoms with E-state index in [1.807, 2.05) is 42.6 Å². The number of hydrogen-bond donors (Lipinski definition) is 0. The molecule has 0 fully saturated rings. The van der Waals surface area contributed by atoms with Crippen LogP contribution in [0.5, 0.6) is 0 Å². The molecule has 0 N–H and O–H groups in total. The Bertz CT molecular complexity index is 2240. The minimum atomic E-state index is 0.637. The summed E-state index contributed by atoms with van der Waals surface area (Å²) < 4.78 is 2.42. The summed E-state index contributed by atoms with van der Waals surface area (Å²) >= 11 is 1.78. The molecule has 0 unspecified atom stereocenters. The molecule has 5 heteroatoms. The maximum atomic E-state index is 5.03. The highest BCUT2D eigenvalue weighted by Crippen LogP contribution is 2.39. The summed E-state index contributed by atoms with van der Waals surface area (Å²) in [5, 5.41) is 1.19. The molecule has 0 saturated carbocycles. The first-order valence-corrected chi connectivity index (χ1v) is 15.0. The first-order valence-electron chi connectivity index (χ1n) is 14.1. The van der Waals surface area contributed by atoms with Gasteiger partial charge < -0.3 is 0 Å². The van der Waals surface area contributed by atoms with E-state index < -0.39 is 0 Å². The van der Waals surface area contributed by atoms with Crippen molar-refractivity contribution in [2.24, 2.45) is 0 Å². The molecular formula is C38H24N4S. The number of rotatable bonds is 5. The van der Waals surface area contributed by atoms with E-state index in [1.165, 1.54) is 14.8 Å². The molecule has 202 valence electrons. The van der Waals surface area contributed by atoms with Crippen LogP contribution in [0.4, 0.5) is 0 Å². The van der Waals surface area contributed by atoms with Crippen LogP contribution in [0, 0.1) is 0 Å². The van der Waals surface area contributed by atoms with Crippen LogP contribution >= 0.6 is 11.3 Å². The van der Waals surface area contributed by atoms with Gasteiger partial charge in [0.05, 0.1) is 10.2 Å². The second-order valence-corrected chi connectivity index (χ2v) is 11.4. The molecule has 43 heavy (non-hydrogen) atoms. The van der Waals surface area contributed by atoms with E-state index in [0.29, 0.717) is 17.5 Å². The zero-order valence-corrected chi connectivity index (χ0v) is 23.9. The molecule has 0 aliphatic rings. The minimum absolute atomic E-state index is 0.637. The van der Waals surface area contributed by atoms with Crippen LogP contribution < -0.4 is 0 Å². The predicted molar refractivity (Wildman–Crippen MR) is 178 cm³/mol. The molecule has 3 aromatic heterocycles. The summed E-state index contributed by atoms with van der Waals surface area (Å²) in [6.07, 6.45) is 1.90. The van der Waals surface area contributed by atoms with Crippen LogP contribution in [0.3, 0.4) is 0 Å². The number of hydrogen-bond acceptors (Lipinski definition) is 5. The van der Waals surface area contributed by atoms with E-state index in [9.17, 15) is 0 Å². The van der Waals surface area contributed by atoms with Gasteiger partial charge in [0.15, 0.2) is 17.5 Å². The number of pyridine rings is 1. The van der Waals surface area contributed by atoms with Crippen LogP contribution in [0.2, 0.25) is 0 Å². The second-order valence-electron chi connectivity index (χ2n) is 10.3. The van der Waals surface area contributed by atoms with Crippen molar-refractivity contribution in [1.82, 2.24) is 19.9 Å². The summed E-state index contributed by atoms with van der Waals surface area (Å²) in [4.78, 5) is 19.7. The third-order valence-corrected chi connectivity index (χ3v) is 8.78. The first-order chi connectivity index (χ1) is 21.3. The van der Waals surface area contributed by atoms with E-state index in [4.69, 9.17) is 19.9 Å². The zero-order chi connectivity index (χ0) is 28.6. The van der Waals surface area contributed by atoms with Gasteiger partial charge in [0, 0.05) is 38.5 Å². The topological polar surface area (TPSA) is 51.6 Å². The molecule has 0 bridgehead atoms. The fraction of sp³-hybridized carbons (Fsp3) is 0. The molecule has 0 atom stereocenters. The quantitative estimate of drug-likeness (QED) is 0.207. The monoisotopic (exact) mass is 568 g/mol. The van der Waals surface area contributed by atoms with Crippen molar-refractivity contribution in [3.05, 3.63) is 146 Å². The van der Waals surface area contributed by atoms with Gasteiger partial charge in [0.1, 0.15) is 0 Å². The van der Waals surface area contributed by atoms with Gasteiger partial charge in [0.2, 0.25) is 0 Å². The van der Waals surface area contributed by atoms with Gasteiger partial charge >= 0.3 is 0 Å². The minimum Gasteiger partial charge on any atom is -0.255 e. The van der Waals surface area contributed by atoms with Gasteiger partial charge in [-0.05, 0) is 41.0 Å². The number of benzene rings is 5. The van der Waals surface area contributed by atoms with Crippen molar-refractivity contribution in [3.63, 3.8) is 0 Å². The molecule has 8 aromatic rings. The Morgan fingerprint density at radius 2 is 0.953 bits per heavy atom. The lowest BCUT2D eigenvalue weighted by atomic mass is 10.0. The highest BCUT2D eigenvalue weighted by atomic mass is 32.1. The number of aromatic nitrogens is 4. The Morgan fingerprint density at radius 3 is 1.67 bits per heavy atom. The lowest BCUT2D eigenvalue weighted by Gasteiger charge is -2.11. The Hall–Kier alpha value is -5.52. The third-order valence-electron chi connectivity index (χ3n) is 7.59. The van der Waals surface area contributed by atoms with Gasteiger partial charge in [0.25, 0.3) is 0 Å². The first kappa shape index (κ1) is 25.2. The maximum absolute atomic E-state index is 5.03. The van der Waals surface area contributed by atoms with Gasteiger partial charge in [-0.25, -0.2) is 15.0 Å². The van der Waals surface area contributed by atoms with Crippen molar-refractivity contribution < 1.29 is 0 Å². The number of thiophene rings is 1. The van der Waals surface area contributed by atoms with Crippen molar-refractivity contribution in [2.75, 3.05) is 0 Å². The van der Waals surface area contributed by atoms with Crippen molar-refractivity contribution in [3.8, 4) is 56.4 Å². The van der Waals surface area contributed by atoms with Crippen LogP contribution in [0.25, 0.3) is 76.7 Å². The smallest absolute Gasteiger partial charge is 0.164 e. The molecule has 4 nitrogen and oxygen atoms in total. The summed E-state index contributed by atoms with van der Waals surface area (Å²) in [5.74, 6) is 1.92. The summed E-state index contributed by atoms with van der Waals surface area (Å²) in [6, 6.07) is 47.9. The fourth-order valence-electron chi connectivity index (χ4n) is 5.48. The molecular weight excluding hydrogens is 545 g/mol. The van der Waals surface area contributed by atoms with Crippen LogP contribution in [-0.2, 0) is 0 Å². The van der Waals surface area contributed by atoms with Crippen molar-refractivity contribution >= 4 is 31.6 Å². The molecule has 0 amide bonds. The average Bonchev–Trinajstić information content (AvgIpc) is 3.48.